The topological polar surface area (TPSA) is 71.2 Å². The number of hydrogen-bond donors (Lipinski definition) is 1. The summed E-state index contributed by atoms with van der Waals surface area (Å²) in [7, 11) is 0. The highest BCUT2D eigenvalue weighted by molar-refractivity contribution is 5.80. The fraction of sp³-hybridized carbons (Fsp3) is 0.250. The molecule has 1 unspecified atom stereocenters. The summed E-state index contributed by atoms with van der Waals surface area (Å²) in [5, 5.41) is 10.0. The van der Waals surface area contributed by atoms with Crippen LogP contribution in [0.5, 0.6) is 0 Å². The van der Waals surface area contributed by atoms with Crippen LogP contribution in [-0.2, 0) is 17.8 Å². The van der Waals surface area contributed by atoms with E-state index in [1.54, 1.807) is 6.08 Å². The Labute approximate surface area is 200 Å². The lowest BCUT2D eigenvalue weighted by Gasteiger charge is -2.30. The largest absolute Gasteiger partial charge is 0.479 e. The number of anilines is 1. The predicted molar refractivity (Wildman–Crippen MR) is 136 cm³/mol. The number of benzene rings is 2. The molecule has 0 radical (unpaired) electrons. The first-order chi connectivity index (χ1) is 16.4. The molecule has 34 heavy (non-hydrogen) atoms. The first kappa shape index (κ1) is 23.2. The highest BCUT2D eigenvalue weighted by atomic mass is 16.4. The molecule has 0 amide bonds. The zero-order chi connectivity index (χ0) is 24.2. The Morgan fingerprint density at radius 1 is 1.12 bits per heavy atom. The van der Waals surface area contributed by atoms with Crippen molar-refractivity contribution in [3.63, 3.8) is 0 Å². The summed E-state index contributed by atoms with van der Waals surface area (Å²) in [6.07, 6.45) is 2.55. The molecule has 1 atom stereocenters. The van der Waals surface area contributed by atoms with Crippen LogP contribution in [0.15, 0.2) is 73.3 Å². The number of nitrogens with zero attached hydrogens (tertiary/aromatic N) is 4. The van der Waals surface area contributed by atoms with Gasteiger partial charge in [0.25, 0.3) is 0 Å². The van der Waals surface area contributed by atoms with Crippen molar-refractivity contribution in [3.05, 3.63) is 102 Å². The van der Waals surface area contributed by atoms with Gasteiger partial charge in [-0.05, 0) is 48.7 Å². The molecule has 6 nitrogen and oxygen atoms in total. The average molecular weight is 455 g/mol. The van der Waals surface area contributed by atoms with Crippen molar-refractivity contribution in [1.82, 2.24) is 14.5 Å². The van der Waals surface area contributed by atoms with Crippen LogP contribution in [0, 0.1) is 13.8 Å². The number of aryl methyl sites for hydroxylation is 3. The van der Waals surface area contributed by atoms with Crippen LogP contribution in [0.3, 0.4) is 0 Å². The van der Waals surface area contributed by atoms with Gasteiger partial charge < -0.3 is 14.6 Å². The number of carboxylic acids is 1. The molecule has 2 aromatic heterocycles. The molecular weight excluding hydrogens is 424 g/mol. The van der Waals surface area contributed by atoms with Crippen molar-refractivity contribution >= 4 is 22.8 Å². The molecule has 0 aliphatic carbocycles. The Hall–Kier alpha value is -3.93. The van der Waals surface area contributed by atoms with Gasteiger partial charge >= 0.3 is 5.97 Å². The predicted octanol–water partition coefficient (Wildman–Crippen LogP) is 5.48. The minimum Gasteiger partial charge on any atom is -0.479 e. The zero-order valence-electron chi connectivity index (χ0n) is 19.9. The number of carbonyl (C=O) groups is 1. The Bertz CT molecular complexity index is 1310. The molecule has 2 heterocycles. The van der Waals surface area contributed by atoms with Crippen LogP contribution in [0.1, 0.15) is 41.2 Å². The number of aromatic nitrogens is 3. The van der Waals surface area contributed by atoms with Crippen LogP contribution < -0.4 is 4.90 Å². The van der Waals surface area contributed by atoms with Gasteiger partial charge in [-0.25, -0.2) is 14.8 Å². The molecule has 0 fully saturated rings. The van der Waals surface area contributed by atoms with Gasteiger partial charge in [-0.3, -0.25) is 0 Å². The average Bonchev–Trinajstić information content (AvgIpc) is 3.17. The molecule has 0 saturated carbocycles. The number of aliphatic carboxylic acids is 1. The summed E-state index contributed by atoms with van der Waals surface area (Å²) < 4.78 is 2.18. The molecule has 0 saturated heterocycles. The number of carboxylic acid groups (broad SMARTS) is 1. The van der Waals surface area contributed by atoms with Gasteiger partial charge in [0.1, 0.15) is 11.3 Å². The van der Waals surface area contributed by atoms with E-state index in [-0.39, 0.29) is 0 Å². The Morgan fingerprint density at radius 3 is 2.44 bits per heavy atom. The Kier molecular flexibility index (Phi) is 6.77. The molecule has 2 aromatic carbocycles. The number of pyridine rings is 1. The maximum Gasteiger partial charge on any atom is 0.331 e. The van der Waals surface area contributed by atoms with Crippen molar-refractivity contribution in [2.75, 3.05) is 11.4 Å². The van der Waals surface area contributed by atoms with Crippen LogP contribution in [-0.4, -0.2) is 32.2 Å². The maximum absolute atomic E-state index is 12.2. The van der Waals surface area contributed by atoms with Crippen molar-refractivity contribution in [2.45, 2.75) is 39.8 Å². The second-order valence-electron chi connectivity index (χ2n) is 8.48. The van der Waals surface area contributed by atoms with Gasteiger partial charge in [0.2, 0.25) is 0 Å². The number of fused-ring (bicyclic) bond motifs is 1. The molecule has 4 aromatic rings. The monoisotopic (exact) mass is 454 g/mol. The molecule has 1 N–H and O–H groups in total. The van der Waals surface area contributed by atoms with E-state index in [0.29, 0.717) is 13.1 Å². The van der Waals surface area contributed by atoms with E-state index in [9.17, 15) is 9.90 Å². The smallest absolute Gasteiger partial charge is 0.331 e. The first-order valence-corrected chi connectivity index (χ1v) is 11.5. The Balaban J connectivity index is 1.67. The van der Waals surface area contributed by atoms with E-state index < -0.39 is 12.0 Å². The van der Waals surface area contributed by atoms with Crippen molar-refractivity contribution in [1.29, 1.82) is 0 Å². The van der Waals surface area contributed by atoms with Crippen LogP contribution >= 0.6 is 0 Å². The van der Waals surface area contributed by atoms with Crippen LogP contribution in [0.4, 0.5) is 5.69 Å². The Morgan fingerprint density at radius 2 is 1.82 bits per heavy atom. The van der Waals surface area contributed by atoms with E-state index in [0.717, 1.165) is 51.5 Å². The van der Waals surface area contributed by atoms with Gasteiger partial charge in [0.15, 0.2) is 11.7 Å². The summed E-state index contributed by atoms with van der Waals surface area (Å²) >= 11 is 0. The maximum atomic E-state index is 12.2. The minimum atomic E-state index is -0.897. The summed E-state index contributed by atoms with van der Waals surface area (Å²) in [5.74, 6) is 0.106. The van der Waals surface area contributed by atoms with Gasteiger partial charge in [-0.15, -0.1) is 6.58 Å². The van der Waals surface area contributed by atoms with E-state index in [1.807, 2.05) is 66.4 Å². The number of hydrogen-bond acceptors (Lipinski definition) is 4. The van der Waals surface area contributed by atoms with Gasteiger partial charge in [-0.1, -0.05) is 55.5 Å². The highest BCUT2D eigenvalue weighted by Crippen LogP contribution is 2.28. The molecule has 0 spiro atoms. The van der Waals surface area contributed by atoms with E-state index in [1.165, 1.54) is 0 Å². The minimum absolute atomic E-state index is 0.416. The van der Waals surface area contributed by atoms with Crippen LogP contribution in [0.2, 0.25) is 0 Å². The van der Waals surface area contributed by atoms with Crippen molar-refractivity contribution in [3.8, 4) is 0 Å². The quantitative estimate of drug-likeness (QED) is 0.339. The third-order valence-corrected chi connectivity index (χ3v) is 6.01. The summed E-state index contributed by atoms with van der Waals surface area (Å²) in [4.78, 5) is 23.7. The highest BCUT2D eigenvalue weighted by Gasteiger charge is 2.27. The van der Waals surface area contributed by atoms with Crippen LogP contribution in [0.25, 0.3) is 11.2 Å². The molecule has 0 aliphatic heterocycles. The second-order valence-corrected chi connectivity index (χ2v) is 8.48. The van der Waals surface area contributed by atoms with Crippen molar-refractivity contribution < 1.29 is 9.90 Å². The molecule has 0 aliphatic rings. The van der Waals surface area contributed by atoms with Gasteiger partial charge in [0.05, 0.1) is 6.54 Å². The lowest BCUT2D eigenvalue weighted by Crippen LogP contribution is -2.34. The molecule has 4 rings (SSSR count). The van der Waals surface area contributed by atoms with E-state index >= 15 is 0 Å². The molecule has 174 valence electrons. The first-order valence-electron chi connectivity index (χ1n) is 11.5. The lowest BCUT2D eigenvalue weighted by atomic mass is 10.0. The molecule has 6 heteroatoms. The van der Waals surface area contributed by atoms with Crippen molar-refractivity contribution in [2.24, 2.45) is 0 Å². The fourth-order valence-corrected chi connectivity index (χ4v) is 4.45. The zero-order valence-corrected chi connectivity index (χ0v) is 19.9. The lowest BCUT2D eigenvalue weighted by molar-refractivity contribution is -0.138. The van der Waals surface area contributed by atoms with Gasteiger partial charge in [-0.2, -0.15) is 0 Å². The van der Waals surface area contributed by atoms with E-state index in [2.05, 4.69) is 31.1 Å². The SMILES string of the molecule is C=CCN(c1ccc(Cn2c(CC)nc3c(C)cc(C)nc32)cc1)C(C(=O)O)c1ccccc1. The summed E-state index contributed by atoms with van der Waals surface area (Å²) in [6, 6.07) is 18.6. The molecular formula is C28H30N4O2. The third kappa shape index (κ3) is 4.57. The number of imidazole rings is 1. The van der Waals surface area contributed by atoms with Gasteiger partial charge in [0, 0.05) is 24.3 Å². The summed E-state index contributed by atoms with van der Waals surface area (Å²) in [6.45, 7) is 11.1. The third-order valence-electron chi connectivity index (χ3n) is 6.01. The standard InChI is InChI=1S/C28H30N4O2/c1-5-16-31(26(28(33)34)22-10-8-7-9-11-22)23-14-12-21(13-15-23)18-32-24(6-2)30-25-19(3)17-20(4)29-27(25)32/h5,7-15,17,26H,1,6,16,18H2,2-4H3,(H,33,34). The second kappa shape index (κ2) is 9.91. The molecule has 0 bridgehead atoms. The van der Waals surface area contributed by atoms with E-state index in [4.69, 9.17) is 9.97 Å². The summed E-state index contributed by atoms with van der Waals surface area (Å²) in [5.41, 5.74) is 6.62. The normalized spacial score (nSPS) is 12.0. The fourth-order valence-electron chi connectivity index (χ4n) is 4.45. The number of rotatable bonds is 9.